The molecule has 6 heterocycles. The van der Waals surface area contributed by atoms with Gasteiger partial charge in [-0.1, -0.05) is 182 Å². The van der Waals surface area contributed by atoms with Gasteiger partial charge in [-0.2, -0.15) is 18.4 Å². The summed E-state index contributed by atoms with van der Waals surface area (Å²) in [6, 6.07) is 106. The largest absolute Gasteiger partial charge is 0.416 e. The predicted octanol–water partition coefficient (Wildman–Crippen LogP) is 22.8. The van der Waals surface area contributed by atoms with E-state index < -0.39 is 11.7 Å². The van der Waals surface area contributed by atoms with Crippen LogP contribution in [0.1, 0.15) is 11.1 Å². The number of para-hydroxylation sites is 8. The van der Waals surface area contributed by atoms with Crippen LogP contribution in [0.4, 0.5) is 13.2 Å². The molecule has 0 N–H and O–H groups in total. The van der Waals surface area contributed by atoms with Crippen LogP contribution in [0.15, 0.2) is 303 Å². The third kappa shape index (κ3) is 7.65. The van der Waals surface area contributed by atoms with E-state index >= 15 is 13.2 Å². The Kier molecular flexibility index (Phi) is 11.3. The van der Waals surface area contributed by atoms with Gasteiger partial charge in [-0.25, -0.2) is 0 Å². The first-order chi connectivity index (χ1) is 47.2. The Morgan fingerprint density at radius 1 is 0.240 bits per heavy atom. The number of hydrogen-bond acceptors (Lipinski definition) is 1. The van der Waals surface area contributed by atoms with E-state index in [1.54, 1.807) is 6.07 Å². The molecule has 0 unspecified atom stereocenters. The van der Waals surface area contributed by atoms with Crippen LogP contribution in [0.3, 0.4) is 0 Å². The highest BCUT2D eigenvalue weighted by atomic mass is 19.4. The second-order valence-electron chi connectivity index (χ2n) is 25.0. The van der Waals surface area contributed by atoms with Crippen molar-refractivity contribution in [1.29, 1.82) is 5.26 Å². The first-order valence-corrected chi connectivity index (χ1v) is 32.1. The zero-order valence-corrected chi connectivity index (χ0v) is 51.1. The summed E-state index contributed by atoms with van der Waals surface area (Å²) in [6.07, 6.45) is -4.67. The molecule has 96 heavy (non-hydrogen) atoms. The van der Waals surface area contributed by atoms with Gasteiger partial charge in [0.05, 0.1) is 88.7 Å². The highest BCUT2D eigenvalue weighted by Crippen LogP contribution is 2.46. The van der Waals surface area contributed by atoms with Crippen LogP contribution in [0.2, 0.25) is 0 Å². The molecule has 7 nitrogen and oxygen atoms in total. The van der Waals surface area contributed by atoms with Gasteiger partial charge in [-0.15, -0.1) is 0 Å². The van der Waals surface area contributed by atoms with Crippen molar-refractivity contribution < 1.29 is 13.2 Å². The van der Waals surface area contributed by atoms with E-state index in [4.69, 9.17) is 0 Å². The molecule has 20 rings (SSSR count). The minimum absolute atomic E-state index is 0.316. The maximum atomic E-state index is 15.5. The number of aromatic nitrogens is 6. The van der Waals surface area contributed by atoms with E-state index in [0.717, 1.165) is 160 Å². The van der Waals surface area contributed by atoms with E-state index in [1.165, 1.54) is 12.1 Å². The molecule has 20 aromatic rings. The second kappa shape index (κ2) is 20.1. The van der Waals surface area contributed by atoms with Crippen LogP contribution in [-0.4, -0.2) is 27.4 Å². The highest BCUT2D eigenvalue weighted by molar-refractivity contribution is 6.17. The van der Waals surface area contributed by atoms with Gasteiger partial charge in [0.15, 0.2) is 0 Å². The summed E-state index contributed by atoms with van der Waals surface area (Å²) in [7, 11) is 0. The van der Waals surface area contributed by atoms with Crippen LogP contribution in [0.5, 0.6) is 0 Å². The number of alkyl halides is 3. The van der Waals surface area contributed by atoms with Gasteiger partial charge < -0.3 is 27.4 Å². The van der Waals surface area contributed by atoms with E-state index in [9.17, 15) is 5.26 Å². The Morgan fingerprint density at radius 2 is 0.510 bits per heavy atom. The molecule has 0 bridgehead atoms. The van der Waals surface area contributed by atoms with Gasteiger partial charge >= 0.3 is 6.18 Å². The second-order valence-corrected chi connectivity index (χ2v) is 25.0. The molecule has 6 aromatic heterocycles. The van der Waals surface area contributed by atoms with Crippen molar-refractivity contribution in [3.63, 3.8) is 0 Å². The van der Waals surface area contributed by atoms with E-state index in [-0.39, 0.29) is 0 Å². The van der Waals surface area contributed by atoms with Gasteiger partial charge in [-0.3, -0.25) is 0 Å². The molecule has 450 valence electrons. The summed E-state index contributed by atoms with van der Waals surface area (Å²) in [4.78, 5) is 0. The minimum atomic E-state index is -4.67. The average Bonchev–Trinajstić information content (AvgIpc) is 1.55. The number of hydrogen-bond donors (Lipinski definition) is 0. The summed E-state index contributed by atoms with van der Waals surface area (Å²) < 4.78 is 60.0. The lowest BCUT2D eigenvalue weighted by molar-refractivity contribution is -0.137. The van der Waals surface area contributed by atoms with Gasteiger partial charge in [0.25, 0.3) is 0 Å². The van der Waals surface area contributed by atoms with Crippen molar-refractivity contribution in [2.24, 2.45) is 0 Å². The zero-order chi connectivity index (χ0) is 63.7. The van der Waals surface area contributed by atoms with Crippen molar-refractivity contribution in [2.75, 3.05) is 0 Å². The quantitative estimate of drug-likeness (QED) is 0.157. The maximum absolute atomic E-state index is 15.5. The van der Waals surface area contributed by atoms with Crippen LogP contribution in [-0.2, 0) is 6.18 Å². The molecule has 0 amide bonds. The summed E-state index contributed by atoms with van der Waals surface area (Å²) in [6.45, 7) is 0. The van der Waals surface area contributed by atoms with E-state index in [1.807, 2.05) is 12.1 Å². The predicted molar refractivity (Wildman–Crippen MR) is 388 cm³/mol. The first-order valence-electron chi connectivity index (χ1n) is 32.1. The molecule has 0 aliphatic carbocycles. The Bertz CT molecular complexity index is 6240. The lowest BCUT2D eigenvalue weighted by atomic mass is 9.97. The fourth-order valence-corrected chi connectivity index (χ4v) is 16.0. The number of nitriles is 1. The lowest BCUT2D eigenvalue weighted by Crippen LogP contribution is -2.07. The number of halogens is 3. The van der Waals surface area contributed by atoms with Crippen molar-refractivity contribution in [1.82, 2.24) is 27.4 Å². The number of benzene rings is 14. The summed E-state index contributed by atoms with van der Waals surface area (Å²) in [5.74, 6) is 0. The highest BCUT2D eigenvalue weighted by Gasteiger charge is 2.32. The third-order valence-corrected chi connectivity index (χ3v) is 20.0. The van der Waals surface area contributed by atoms with Gasteiger partial charge in [-0.05, 0) is 127 Å². The Balaban J connectivity index is 0.922. The van der Waals surface area contributed by atoms with Gasteiger partial charge in [0, 0.05) is 92.9 Å². The van der Waals surface area contributed by atoms with Crippen LogP contribution >= 0.6 is 0 Å². The third-order valence-electron chi connectivity index (χ3n) is 20.0. The molecule has 0 radical (unpaired) electrons. The molecule has 0 saturated carbocycles. The minimum Gasteiger partial charge on any atom is -0.309 e. The summed E-state index contributed by atoms with van der Waals surface area (Å²) >= 11 is 0. The smallest absolute Gasteiger partial charge is 0.309 e. The number of fused-ring (bicyclic) bond motifs is 18. The maximum Gasteiger partial charge on any atom is 0.416 e. The SMILES string of the molecule is N#Cc1cc(-n2c3cc(-n4c5ccccc5c5ccccc54)ccc3c3ccc(-n4c5ccccc5c5ccccc54)cc32)c(-c2cccc(C(F)(F)F)c2)cc1-n1c2cc(-n3c4ccccc4c4ccccc43)ccc2c2ccc(-n3c4ccccc4c4ccccc43)cc21. The lowest BCUT2D eigenvalue weighted by Gasteiger charge is -2.20. The molecule has 14 aromatic carbocycles. The van der Waals surface area contributed by atoms with Crippen molar-refractivity contribution in [3.8, 4) is 51.3 Å². The van der Waals surface area contributed by atoms with Gasteiger partial charge in [0.2, 0.25) is 0 Å². The molecule has 0 fully saturated rings. The average molecular weight is 1240 g/mol. The number of rotatable bonds is 7. The molecular weight excluding hydrogens is 1190 g/mol. The molecule has 0 aliphatic heterocycles. The monoisotopic (exact) mass is 1240 g/mol. The fraction of sp³-hybridized carbons (Fsp3) is 0.0116. The van der Waals surface area contributed by atoms with E-state index in [2.05, 4.69) is 300 Å². The van der Waals surface area contributed by atoms with Crippen LogP contribution < -0.4 is 0 Å². The van der Waals surface area contributed by atoms with Crippen molar-refractivity contribution in [2.45, 2.75) is 6.18 Å². The molecule has 0 spiro atoms. The normalized spacial score (nSPS) is 12.3. The molecule has 0 aliphatic rings. The summed E-state index contributed by atoms with van der Waals surface area (Å²) in [5, 5.41) is 24.9. The fourth-order valence-electron chi connectivity index (χ4n) is 16.0. The number of nitrogens with zero attached hydrogens (tertiary/aromatic N) is 7. The van der Waals surface area contributed by atoms with Gasteiger partial charge in [0.1, 0.15) is 6.07 Å². The van der Waals surface area contributed by atoms with Crippen LogP contribution in [0.25, 0.3) is 176 Å². The summed E-state index contributed by atoms with van der Waals surface area (Å²) in [5.41, 5.74) is 16.5. The molecular formula is C86H50F3N7. The molecule has 0 saturated heterocycles. The standard InChI is InChI=1S/C86H50F3N7/c87-86(88,89)54-19-17-18-52(44-54)71-50-80(95-82-46-55(91-72-28-9-1-20-59(72)60-21-2-10-29-73(60)91)36-40-67(82)68-41-37-56(47-83(68)95)92-74-30-11-3-22-61(74)62-23-4-12-31-75(62)92)53(51-90)45-81(71)96-84-48-57(93-76-32-13-5-24-63(76)64-25-6-14-33-77(64)93)38-42-69(84)70-43-39-58(49-85(70)96)94-78-34-15-7-26-65(78)66-27-8-16-35-79(66)94/h1-50H. The Labute approximate surface area is 545 Å². The zero-order valence-electron chi connectivity index (χ0n) is 51.1. The topological polar surface area (TPSA) is 53.4 Å². The molecule has 10 heteroatoms. The first kappa shape index (κ1) is 53.8. The Morgan fingerprint density at radius 3 is 0.792 bits per heavy atom. The van der Waals surface area contributed by atoms with E-state index in [0.29, 0.717) is 28.1 Å². The molecule has 0 atom stereocenters. The van der Waals surface area contributed by atoms with Crippen molar-refractivity contribution in [3.05, 3.63) is 314 Å². The van der Waals surface area contributed by atoms with Crippen LogP contribution in [0, 0.1) is 11.3 Å². The Hall–Kier alpha value is -12.8. The van der Waals surface area contributed by atoms with Crippen molar-refractivity contribution >= 4 is 131 Å².